The van der Waals surface area contributed by atoms with Crippen LogP contribution in [0.1, 0.15) is 18.2 Å². The maximum absolute atomic E-state index is 12.3. The Balaban J connectivity index is 1.36. The molecule has 0 amide bonds. The van der Waals surface area contributed by atoms with Crippen LogP contribution in [0.4, 0.5) is 13.2 Å². The molecule has 2 fully saturated rings. The normalized spacial score (nSPS) is 21.3. The fourth-order valence-electron chi connectivity index (χ4n) is 4.15. The summed E-state index contributed by atoms with van der Waals surface area (Å²) in [6, 6.07) is 8.15. The van der Waals surface area contributed by atoms with Gasteiger partial charge < -0.3 is 9.47 Å². The van der Waals surface area contributed by atoms with E-state index in [1.165, 1.54) is 12.1 Å². The summed E-state index contributed by atoms with van der Waals surface area (Å²) in [5, 5.41) is 4.75. The third kappa shape index (κ3) is 5.33. The summed E-state index contributed by atoms with van der Waals surface area (Å²) in [6.45, 7) is 9.79. The minimum atomic E-state index is -4.68. The van der Waals surface area contributed by atoms with Gasteiger partial charge in [0.25, 0.3) is 0 Å². The molecule has 9 heteroatoms. The molecule has 164 valence electrons. The predicted octanol–water partition coefficient (Wildman–Crippen LogP) is 3.34. The Hall–Kier alpha value is -2.10. The van der Waals surface area contributed by atoms with Crippen LogP contribution < -0.4 is 4.74 Å². The molecule has 30 heavy (non-hydrogen) atoms. The average Bonchev–Trinajstić information content (AvgIpc) is 3.33. The molecule has 1 aromatic heterocycles. The first-order chi connectivity index (χ1) is 14.4. The van der Waals surface area contributed by atoms with Crippen LogP contribution in [0.2, 0.25) is 0 Å². The number of halogens is 3. The minimum absolute atomic E-state index is 0.228. The second kappa shape index (κ2) is 8.95. The number of aromatic nitrogens is 2. The van der Waals surface area contributed by atoms with E-state index in [1.807, 2.05) is 13.0 Å². The van der Waals surface area contributed by atoms with Crippen LogP contribution in [0.5, 0.6) is 5.75 Å². The summed E-state index contributed by atoms with van der Waals surface area (Å²) in [4.78, 5) is 4.92. The second-order valence-electron chi connectivity index (χ2n) is 7.88. The quantitative estimate of drug-likeness (QED) is 0.712. The topological polar surface area (TPSA) is 42.8 Å². The first-order valence-corrected chi connectivity index (χ1v) is 10.3. The summed E-state index contributed by atoms with van der Waals surface area (Å²) in [6.07, 6.45) is -3.64. The Labute approximate surface area is 174 Å². The van der Waals surface area contributed by atoms with Gasteiger partial charge in [0.1, 0.15) is 5.75 Å². The summed E-state index contributed by atoms with van der Waals surface area (Å²) < 4.78 is 48.4. The van der Waals surface area contributed by atoms with Crippen molar-refractivity contribution in [3.63, 3.8) is 0 Å². The monoisotopic (exact) mass is 424 g/mol. The molecule has 0 N–H and O–H groups in total. The molecule has 2 aromatic rings. The van der Waals surface area contributed by atoms with Gasteiger partial charge in [0.2, 0.25) is 0 Å². The van der Waals surface area contributed by atoms with E-state index in [9.17, 15) is 13.2 Å². The van der Waals surface area contributed by atoms with Gasteiger partial charge in [-0.25, -0.2) is 0 Å². The maximum Gasteiger partial charge on any atom is 0.573 e. The minimum Gasteiger partial charge on any atom is -0.406 e. The highest BCUT2D eigenvalue weighted by Crippen LogP contribution is 2.29. The lowest BCUT2D eigenvalue weighted by Crippen LogP contribution is -2.41. The molecule has 3 heterocycles. The van der Waals surface area contributed by atoms with Gasteiger partial charge in [-0.05, 0) is 43.7 Å². The summed E-state index contributed by atoms with van der Waals surface area (Å²) in [5.74, 6) is -0.228. The fraction of sp³-hybridized carbons (Fsp3) is 0.571. The number of aryl methyl sites for hydroxylation is 1. The highest BCUT2D eigenvalue weighted by atomic mass is 19.4. The van der Waals surface area contributed by atoms with Gasteiger partial charge in [0.05, 0.1) is 24.9 Å². The first-order valence-electron chi connectivity index (χ1n) is 10.3. The van der Waals surface area contributed by atoms with Crippen molar-refractivity contribution < 1.29 is 22.6 Å². The fourth-order valence-corrected chi connectivity index (χ4v) is 4.15. The number of benzene rings is 1. The number of hydrogen-bond donors (Lipinski definition) is 0. The van der Waals surface area contributed by atoms with E-state index in [-0.39, 0.29) is 5.75 Å². The molecule has 2 saturated heterocycles. The van der Waals surface area contributed by atoms with Crippen molar-refractivity contribution in [1.29, 1.82) is 0 Å². The van der Waals surface area contributed by atoms with Gasteiger partial charge in [-0.2, -0.15) is 5.10 Å². The van der Waals surface area contributed by atoms with Gasteiger partial charge >= 0.3 is 6.36 Å². The largest absolute Gasteiger partial charge is 0.573 e. The molecule has 0 bridgehead atoms. The summed E-state index contributed by atoms with van der Waals surface area (Å²) in [5.41, 5.74) is 2.59. The van der Waals surface area contributed by atoms with E-state index >= 15 is 0 Å². The van der Waals surface area contributed by atoms with E-state index in [2.05, 4.69) is 19.2 Å². The molecular weight excluding hydrogens is 397 g/mol. The molecule has 2 aliphatic rings. The van der Waals surface area contributed by atoms with Crippen LogP contribution in [0, 0.1) is 6.92 Å². The Kier molecular flexibility index (Phi) is 6.31. The Morgan fingerprint density at radius 3 is 2.47 bits per heavy atom. The van der Waals surface area contributed by atoms with Crippen molar-refractivity contribution in [3.05, 3.63) is 36.0 Å². The third-order valence-corrected chi connectivity index (χ3v) is 5.74. The van der Waals surface area contributed by atoms with Gasteiger partial charge in [-0.15, -0.1) is 13.2 Å². The van der Waals surface area contributed by atoms with Crippen molar-refractivity contribution in [2.45, 2.75) is 25.7 Å². The highest BCUT2D eigenvalue weighted by Gasteiger charge is 2.31. The van der Waals surface area contributed by atoms with Crippen molar-refractivity contribution in [2.24, 2.45) is 0 Å². The summed E-state index contributed by atoms with van der Waals surface area (Å²) >= 11 is 0. The maximum atomic E-state index is 12.3. The zero-order chi connectivity index (χ0) is 21.1. The molecule has 1 aromatic carbocycles. The van der Waals surface area contributed by atoms with E-state index < -0.39 is 6.36 Å². The molecule has 0 saturated carbocycles. The number of morpholine rings is 1. The first kappa shape index (κ1) is 21.1. The molecule has 2 aliphatic heterocycles. The lowest BCUT2D eigenvalue weighted by atomic mass is 10.1. The van der Waals surface area contributed by atoms with E-state index in [0.29, 0.717) is 6.04 Å². The van der Waals surface area contributed by atoms with Crippen molar-refractivity contribution in [1.82, 2.24) is 19.6 Å². The summed E-state index contributed by atoms with van der Waals surface area (Å²) in [7, 11) is 0. The predicted molar refractivity (Wildman–Crippen MR) is 106 cm³/mol. The Morgan fingerprint density at radius 2 is 1.77 bits per heavy atom. The van der Waals surface area contributed by atoms with E-state index in [4.69, 9.17) is 9.84 Å². The second-order valence-corrected chi connectivity index (χ2v) is 7.88. The van der Waals surface area contributed by atoms with E-state index in [0.717, 1.165) is 75.9 Å². The Morgan fingerprint density at radius 1 is 1.07 bits per heavy atom. The highest BCUT2D eigenvalue weighted by molar-refractivity contribution is 5.60. The molecule has 1 unspecified atom stereocenters. The number of alkyl halides is 3. The van der Waals surface area contributed by atoms with Gasteiger partial charge in [-0.1, -0.05) is 0 Å². The zero-order valence-electron chi connectivity index (χ0n) is 17.1. The van der Waals surface area contributed by atoms with Crippen LogP contribution in [0.15, 0.2) is 30.3 Å². The molecule has 6 nitrogen and oxygen atoms in total. The van der Waals surface area contributed by atoms with Crippen LogP contribution >= 0.6 is 0 Å². The number of hydrogen-bond acceptors (Lipinski definition) is 5. The molecule has 1 atom stereocenters. The standard InChI is InChI=1S/C21H27F3N4O2/c1-16-14-20(17-2-4-19(5-3-17)30-21(22,23)24)25-28(16)18-6-7-27(15-18)9-8-26-10-12-29-13-11-26/h2-5,14,18H,6-13,15H2,1H3. The SMILES string of the molecule is Cc1cc(-c2ccc(OC(F)(F)F)cc2)nn1C1CCN(CCN2CCOCC2)C1. The van der Waals surface area contributed by atoms with Crippen molar-refractivity contribution in [2.75, 3.05) is 52.5 Å². The molecule has 0 spiro atoms. The van der Waals surface area contributed by atoms with Gasteiger partial charge in [0.15, 0.2) is 0 Å². The van der Waals surface area contributed by atoms with E-state index in [1.54, 1.807) is 12.1 Å². The molecule has 0 aliphatic carbocycles. The molecule has 4 rings (SSSR count). The lowest BCUT2D eigenvalue weighted by molar-refractivity contribution is -0.274. The van der Waals surface area contributed by atoms with Crippen LogP contribution in [-0.4, -0.2) is 78.4 Å². The van der Waals surface area contributed by atoms with Crippen LogP contribution in [0.25, 0.3) is 11.3 Å². The smallest absolute Gasteiger partial charge is 0.406 e. The molecule has 0 radical (unpaired) electrons. The number of rotatable bonds is 6. The van der Waals surface area contributed by atoms with Gasteiger partial charge in [0, 0.05) is 50.5 Å². The van der Waals surface area contributed by atoms with Gasteiger partial charge in [-0.3, -0.25) is 14.5 Å². The number of likely N-dealkylation sites (tertiary alicyclic amines) is 1. The van der Waals surface area contributed by atoms with Crippen LogP contribution in [0.3, 0.4) is 0 Å². The number of ether oxygens (including phenoxy) is 2. The average molecular weight is 424 g/mol. The zero-order valence-corrected chi connectivity index (χ0v) is 17.1. The van der Waals surface area contributed by atoms with Crippen molar-refractivity contribution in [3.8, 4) is 17.0 Å². The number of nitrogens with zero attached hydrogens (tertiary/aromatic N) is 4. The van der Waals surface area contributed by atoms with Crippen molar-refractivity contribution >= 4 is 0 Å². The molecular formula is C21H27F3N4O2. The Bertz CT molecular complexity index is 832. The third-order valence-electron chi connectivity index (χ3n) is 5.74. The van der Waals surface area contributed by atoms with Crippen LogP contribution in [-0.2, 0) is 4.74 Å². The lowest BCUT2D eigenvalue weighted by Gasteiger charge is -2.28.